The summed E-state index contributed by atoms with van der Waals surface area (Å²) >= 11 is 1.69. The van der Waals surface area contributed by atoms with Gasteiger partial charge in [-0.1, -0.05) is 18.2 Å². The number of aromatic nitrogens is 3. The SMILES string of the molecule is Nc1nc(C2Cc3ccccc3S2)[nH]c(=O)n1. The van der Waals surface area contributed by atoms with Crippen molar-refractivity contribution in [3.05, 3.63) is 46.1 Å². The van der Waals surface area contributed by atoms with E-state index in [2.05, 4.69) is 27.1 Å². The molecule has 2 heterocycles. The molecule has 3 rings (SSSR count). The number of nitrogen functional groups attached to an aromatic ring is 1. The van der Waals surface area contributed by atoms with E-state index in [0.717, 1.165) is 6.42 Å². The first-order valence-corrected chi connectivity index (χ1v) is 6.08. The lowest BCUT2D eigenvalue weighted by Crippen LogP contribution is -2.18. The molecule has 3 N–H and O–H groups in total. The second-order valence-electron chi connectivity index (χ2n) is 3.82. The number of rotatable bonds is 1. The normalized spacial score (nSPS) is 18.0. The lowest BCUT2D eigenvalue weighted by atomic mass is 10.1. The average Bonchev–Trinajstić information content (AvgIpc) is 2.71. The van der Waals surface area contributed by atoms with Gasteiger partial charge >= 0.3 is 5.69 Å². The van der Waals surface area contributed by atoms with Gasteiger partial charge in [0.15, 0.2) is 0 Å². The molecule has 0 radical (unpaired) electrons. The summed E-state index contributed by atoms with van der Waals surface area (Å²) in [6, 6.07) is 8.18. The van der Waals surface area contributed by atoms with Crippen molar-refractivity contribution in [1.82, 2.24) is 15.0 Å². The number of nitrogens with one attached hydrogen (secondary N) is 1. The molecule has 1 aromatic carbocycles. The molecule has 0 fully saturated rings. The van der Waals surface area contributed by atoms with Crippen LogP contribution < -0.4 is 11.4 Å². The van der Waals surface area contributed by atoms with E-state index < -0.39 is 5.69 Å². The van der Waals surface area contributed by atoms with Gasteiger partial charge in [0.2, 0.25) is 5.95 Å². The second kappa shape index (κ2) is 3.89. The maximum Gasteiger partial charge on any atom is 0.349 e. The van der Waals surface area contributed by atoms with Crippen molar-refractivity contribution in [2.45, 2.75) is 16.6 Å². The monoisotopic (exact) mass is 246 g/mol. The zero-order chi connectivity index (χ0) is 11.8. The number of benzene rings is 1. The Hall–Kier alpha value is -1.82. The molecule has 1 atom stereocenters. The molecular formula is C11H10N4OS. The maximum absolute atomic E-state index is 11.2. The van der Waals surface area contributed by atoms with E-state index >= 15 is 0 Å². The molecule has 6 heteroatoms. The van der Waals surface area contributed by atoms with E-state index in [4.69, 9.17) is 5.73 Å². The van der Waals surface area contributed by atoms with E-state index in [-0.39, 0.29) is 11.2 Å². The van der Waals surface area contributed by atoms with Gasteiger partial charge in [-0.2, -0.15) is 9.97 Å². The number of thioether (sulfide) groups is 1. The van der Waals surface area contributed by atoms with Crippen molar-refractivity contribution in [2.75, 3.05) is 5.73 Å². The minimum atomic E-state index is -0.441. The average molecular weight is 246 g/mol. The summed E-state index contributed by atoms with van der Waals surface area (Å²) in [7, 11) is 0. The largest absolute Gasteiger partial charge is 0.368 e. The van der Waals surface area contributed by atoms with Crippen LogP contribution in [-0.4, -0.2) is 15.0 Å². The lowest BCUT2D eigenvalue weighted by molar-refractivity contribution is 0.816. The van der Waals surface area contributed by atoms with Crippen LogP contribution in [0, 0.1) is 0 Å². The van der Waals surface area contributed by atoms with E-state index in [1.165, 1.54) is 10.5 Å². The lowest BCUT2D eigenvalue weighted by Gasteiger charge is -2.06. The predicted molar refractivity (Wildman–Crippen MR) is 65.8 cm³/mol. The highest BCUT2D eigenvalue weighted by atomic mass is 32.2. The quantitative estimate of drug-likeness (QED) is 0.788. The molecule has 0 bridgehead atoms. The van der Waals surface area contributed by atoms with Crippen LogP contribution in [0.5, 0.6) is 0 Å². The topological polar surface area (TPSA) is 84.7 Å². The second-order valence-corrected chi connectivity index (χ2v) is 5.06. The molecule has 0 amide bonds. The van der Waals surface area contributed by atoms with Crippen molar-refractivity contribution < 1.29 is 0 Å². The van der Waals surface area contributed by atoms with Gasteiger partial charge in [0.05, 0.1) is 5.25 Å². The van der Waals surface area contributed by atoms with Crippen LogP contribution in [-0.2, 0) is 6.42 Å². The Balaban J connectivity index is 1.96. The maximum atomic E-state index is 11.2. The summed E-state index contributed by atoms with van der Waals surface area (Å²) in [5, 5.41) is 0.116. The minimum Gasteiger partial charge on any atom is -0.368 e. The van der Waals surface area contributed by atoms with Gasteiger partial charge in [0.25, 0.3) is 0 Å². The van der Waals surface area contributed by atoms with Gasteiger partial charge in [-0.25, -0.2) is 4.79 Å². The predicted octanol–water partition coefficient (Wildman–Crippen LogP) is 1.14. The van der Waals surface area contributed by atoms with Gasteiger partial charge < -0.3 is 5.73 Å². The van der Waals surface area contributed by atoms with Crippen LogP contribution in [0.2, 0.25) is 0 Å². The number of anilines is 1. The van der Waals surface area contributed by atoms with E-state index in [0.29, 0.717) is 5.82 Å². The Labute approximate surface area is 101 Å². The van der Waals surface area contributed by atoms with Crippen LogP contribution in [0.1, 0.15) is 16.6 Å². The molecule has 1 unspecified atom stereocenters. The molecule has 1 aliphatic heterocycles. The number of nitrogens with two attached hydrogens (primary N) is 1. The third kappa shape index (κ3) is 1.91. The Morgan fingerprint density at radius 2 is 2.18 bits per heavy atom. The fourth-order valence-corrected chi connectivity index (χ4v) is 3.16. The molecule has 0 aliphatic carbocycles. The van der Waals surface area contributed by atoms with Crippen molar-refractivity contribution in [1.29, 1.82) is 0 Å². The van der Waals surface area contributed by atoms with Crippen molar-refractivity contribution in [3.8, 4) is 0 Å². The summed E-state index contributed by atoms with van der Waals surface area (Å²) in [5.41, 5.74) is 6.32. The van der Waals surface area contributed by atoms with Gasteiger partial charge in [-0.15, -0.1) is 11.8 Å². The van der Waals surface area contributed by atoms with E-state index in [9.17, 15) is 4.79 Å². The Bertz CT molecular complexity index is 600. The molecule has 1 aromatic heterocycles. The summed E-state index contributed by atoms with van der Waals surface area (Å²) < 4.78 is 0. The van der Waals surface area contributed by atoms with Crippen LogP contribution in [0.4, 0.5) is 5.95 Å². The van der Waals surface area contributed by atoms with Crippen molar-refractivity contribution in [2.24, 2.45) is 0 Å². The summed E-state index contributed by atoms with van der Waals surface area (Å²) in [6.45, 7) is 0. The molecule has 5 nitrogen and oxygen atoms in total. The fourth-order valence-electron chi connectivity index (χ4n) is 1.90. The van der Waals surface area contributed by atoms with Crippen molar-refractivity contribution in [3.63, 3.8) is 0 Å². The Kier molecular flexibility index (Phi) is 2.36. The Morgan fingerprint density at radius 1 is 1.35 bits per heavy atom. The van der Waals surface area contributed by atoms with Crippen molar-refractivity contribution >= 4 is 17.7 Å². The molecule has 86 valence electrons. The zero-order valence-electron chi connectivity index (χ0n) is 8.88. The number of nitrogens with zero attached hydrogens (tertiary/aromatic N) is 2. The Morgan fingerprint density at radius 3 is 2.94 bits per heavy atom. The van der Waals surface area contributed by atoms with Crippen LogP contribution >= 0.6 is 11.8 Å². The number of fused-ring (bicyclic) bond motifs is 1. The third-order valence-electron chi connectivity index (χ3n) is 2.64. The van der Waals surface area contributed by atoms with Crippen LogP contribution in [0.3, 0.4) is 0 Å². The number of aromatic amines is 1. The van der Waals surface area contributed by atoms with Gasteiger partial charge in [-0.05, 0) is 18.1 Å². The number of hydrogen-bond acceptors (Lipinski definition) is 5. The summed E-state index contributed by atoms with van der Waals surface area (Å²) in [4.78, 5) is 22.7. The van der Waals surface area contributed by atoms with E-state index in [1.54, 1.807) is 11.8 Å². The molecule has 0 spiro atoms. The summed E-state index contributed by atoms with van der Waals surface area (Å²) in [6.07, 6.45) is 0.854. The molecular weight excluding hydrogens is 236 g/mol. The fraction of sp³-hybridized carbons (Fsp3) is 0.182. The molecule has 0 saturated heterocycles. The molecule has 2 aromatic rings. The van der Waals surface area contributed by atoms with Gasteiger partial charge in [0.1, 0.15) is 5.82 Å². The molecule has 17 heavy (non-hydrogen) atoms. The number of H-pyrrole nitrogens is 1. The first-order valence-electron chi connectivity index (χ1n) is 5.20. The summed E-state index contributed by atoms with van der Waals surface area (Å²) in [5.74, 6) is 0.629. The minimum absolute atomic E-state index is 0.0281. The highest BCUT2D eigenvalue weighted by molar-refractivity contribution is 7.99. The van der Waals surface area contributed by atoms with Gasteiger partial charge in [0, 0.05) is 4.90 Å². The third-order valence-corrected chi connectivity index (χ3v) is 3.96. The zero-order valence-corrected chi connectivity index (χ0v) is 9.70. The molecule has 0 saturated carbocycles. The highest BCUT2D eigenvalue weighted by Crippen LogP contribution is 2.44. The first kappa shape index (κ1) is 10.3. The molecule has 1 aliphatic rings. The van der Waals surface area contributed by atoms with Crippen LogP contribution in [0.15, 0.2) is 34.0 Å². The van der Waals surface area contributed by atoms with Crippen LogP contribution in [0.25, 0.3) is 0 Å². The van der Waals surface area contributed by atoms with Gasteiger partial charge in [-0.3, -0.25) is 4.98 Å². The smallest absolute Gasteiger partial charge is 0.349 e. The standard InChI is InChI=1S/C11H10N4OS/c12-10-13-9(14-11(16)15-10)8-5-6-3-1-2-4-7(6)17-8/h1-4,8H,5H2,(H3,12,13,14,15,16). The van der Waals surface area contributed by atoms with E-state index in [1.807, 2.05) is 12.1 Å². The highest BCUT2D eigenvalue weighted by Gasteiger charge is 2.25. The number of hydrogen-bond donors (Lipinski definition) is 2. The first-order chi connectivity index (χ1) is 8.22.